The van der Waals surface area contributed by atoms with E-state index in [2.05, 4.69) is 11.4 Å². The zero-order valence-electron chi connectivity index (χ0n) is 10.0. The summed E-state index contributed by atoms with van der Waals surface area (Å²) in [4.78, 5) is 13.8. The highest BCUT2D eigenvalue weighted by atomic mass is 32.2. The van der Waals surface area contributed by atoms with Crippen molar-refractivity contribution in [1.29, 1.82) is 5.26 Å². The Morgan fingerprint density at radius 3 is 2.89 bits per heavy atom. The highest BCUT2D eigenvalue weighted by molar-refractivity contribution is 7.99. The highest BCUT2D eigenvalue weighted by Crippen LogP contribution is 2.13. The second-order valence-electron chi connectivity index (χ2n) is 4.11. The Morgan fingerprint density at radius 1 is 1.50 bits per heavy atom. The molecule has 0 bridgehead atoms. The molecular weight excluding hydrogens is 246 g/mol. The van der Waals surface area contributed by atoms with Crippen LogP contribution in [0.5, 0.6) is 0 Å². The number of carbonyl (C=O) groups is 1. The summed E-state index contributed by atoms with van der Waals surface area (Å²) in [5.41, 5.74) is 1.05. The fourth-order valence-electron chi connectivity index (χ4n) is 1.88. The van der Waals surface area contributed by atoms with Crippen LogP contribution in [0.3, 0.4) is 0 Å². The number of nitrogens with one attached hydrogen (secondary N) is 1. The predicted octanol–water partition coefficient (Wildman–Crippen LogP) is 1.20. The largest absolute Gasteiger partial charge is 0.324 e. The Labute approximate surface area is 111 Å². The Bertz CT molecular complexity index is 437. The van der Waals surface area contributed by atoms with Gasteiger partial charge in [-0.15, -0.1) is 11.8 Å². The Morgan fingerprint density at radius 2 is 2.28 bits per heavy atom. The molecular formula is C13H15N3OS. The minimum atomic E-state index is -0.146. The van der Waals surface area contributed by atoms with Gasteiger partial charge < -0.3 is 4.90 Å². The number of carbonyl (C=O) groups excluding carboxylic acids is 1. The van der Waals surface area contributed by atoms with Crippen LogP contribution in [0.25, 0.3) is 0 Å². The van der Waals surface area contributed by atoms with Gasteiger partial charge >= 0.3 is 0 Å². The van der Waals surface area contributed by atoms with Gasteiger partial charge in [0.15, 0.2) is 0 Å². The molecule has 18 heavy (non-hydrogen) atoms. The molecule has 1 amide bonds. The molecule has 1 fully saturated rings. The minimum absolute atomic E-state index is 0.0189. The zero-order chi connectivity index (χ0) is 12.8. The Kier molecular flexibility index (Phi) is 4.62. The number of amides is 1. The third kappa shape index (κ3) is 3.25. The standard InChI is InChI=1S/C13H15N3OS/c14-6-7-16(8-11-4-2-1-3-5-11)13(17)12-9-18-10-15-12/h1-5,12,15H,7-10H2. The van der Waals surface area contributed by atoms with E-state index in [9.17, 15) is 4.79 Å². The maximum Gasteiger partial charge on any atom is 0.241 e. The van der Waals surface area contributed by atoms with Gasteiger partial charge in [0.1, 0.15) is 6.54 Å². The first kappa shape index (κ1) is 12.9. The van der Waals surface area contributed by atoms with Crippen molar-refractivity contribution in [2.45, 2.75) is 12.6 Å². The van der Waals surface area contributed by atoms with Crippen molar-refractivity contribution >= 4 is 17.7 Å². The van der Waals surface area contributed by atoms with Gasteiger partial charge in [-0.25, -0.2) is 0 Å². The van der Waals surface area contributed by atoms with Crippen molar-refractivity contribution in [2.75, 3.05) is 18.2 Å². The molecule has 2 rings (SSSR count). The molecule has 1 unspecified atom stereocenters. The molecule has 0 spiro atoms. The predicted molar refractivity (Wildman–Crippen MR) is 71.7 cm³/mol. The lowest BCUT2D eigenvalue weighted by Gasteiger charge is -2.22. The topological polar surface area (TPSA) is 56.1 Å². The Hall–Kier alpha value is -1.51. The van der Waals surface area contributed by atoms with Gasteiger partial charge in [0.05, 0.1) is 12.1 Å². The SMILES string of the molecule is N#CCN(Cc1ccccc1)C(=O)C1CSCN1. The molecule has 1 atom stereocenters. The van der Waals surface area contributed by atoms with Crippen LogP contribution >= 0.6 is 11.8 Å². The van der Waals surface area contributed by atoms with Crippen LogP contribution in [0.2, 0.25) is 0 Å². The number of rotatable bonds is 4. The molecule has 1 aromatic rings. The van der Waals surface area contributed by atoms with E-state index in [0.717, 1.165) is 17.2 Å². The summed E-state index contributed by atoms with van der Waals surface area (Å²) < 4.78 is 0. The van der Waals surface area contributed by atoms with E-state index in [1.807, 2.05) is 30.3 Å². The fourth-order valence-corrected chi connectivity index (χ4v) is 2.81. The second kappa shape index (κ2) is 6.43. The molecule has 4 nitrogen and oxygen atoms in total. The van der Waals surface area contributed by atoms with E-state index < -0.39 is 0 Å². The molecule has 1 aliphatic heterocycles. The summed E-state index contributed by atoms with van der Waals surface area (Å²) in [7, 11) is 0. The maximum absolute atomic E-state index is 12.2. The number of hydrogen-bond donors (Lipinski definition) is 1. The quantitative estimate of drug-likeness (QED) is 0.828. The van der Waals surface area contributed by atoms with Crippen LogP contribution in [0, 0.1) is 11.3 Å². The molecule has 1 saturated heterocycles. The first-order valence-electron chi connectivity index (χ1n) is 5.82. The van der Waals surface area contributed by atoms with E-state index in [1.54, 1.807) is 16.7 Å². The summed E-state index contributed by atoms with van der Waals surface area (Å²) >= 11 is 1.71. The number of benzene rings is 1. The van der Waals surface area contributed by atoms with Crippen molar-refractivity contribution in [2.24, 2.45) is 0 Å². The number of nitrogens with zero attached hydrogens (tertiary/aromatic N) is 2. The van der Waals surface area contributed by atoms with Crippen molar-refractivity contribution in [3.63, 3.8) is 0 Å². The fraction of sp³-hybridized carbons (Fsp3) is 0.385. The maximum atomic E-state index is 12.2. The van der Waals surface area contributed by atoms with Crippen LogP contribution in [0.15, 0.2) is 30.3 Å². The molecule has 0 saturated carbocycles. The van der Waals surface area contributed by atoms with E-state index in [0.29, 0.717) is 6.54 Å². The Balaban J connectivity index is 2.03. The van der Waals surface area contributed by atoms with Gasteiger partial charge in [-0.3, -0.25) is 10.1 Å². The highest BCUT2D eigenvalue weighted by Gasteiger charge is 2.27. The zero-order valence-corrected chi connectivity index (χ0v) is 10.8. The average Bonchev–Trinajstić information content (AvgIpc) is 2.92. The van der Waals surface area contributed by atoms with E-state index >= 15 is 0 Å². The van der Waals surface area contributed by atoms with E-state index in [4.69, 9.17) is 5.26 Å². The monoisotopic (exact) mass is 261 g/mol. The molecule has 94 valence electrons. The van der Waals surface area contributed by atoms with Crippen LogP contribution in [-0.4, -0.2) is 35.0 Å². The number of thioether (sulfide) groups is 1. The second-order valence-corrected chi connectivity index (χ2v) is 5.14. The minimum Gasteiger partial charge on any atom is -0.324 e. The van der Waals surface area contributed by atoms with Gasteiger partial charge in [0, 0.05) is 18.2 Å². The lowest BCUT2D eigenvalue weighted by Crippen LogP contribution is -2.44. The lowest BCUT2D eigenvalue weighted by molar-refractivity contribution is -0.132. The van der Waals surface area contributed by atoms with E-state index in [1.165, 1.54) is 0 Å². The molecule has 1 aromatic carbocycles. The van der Waals surface area contributed by atoms with Gasteiger partial charge in [0.25, 0.3) is 0 Å². The van der Waals surface area contributed by atoms with Crippen LogP contribution in [0.4, 0.5) is 0 Å². The van der Waals surface area contributed by atoms with Gasteiger partial charge in [-0.1, -0.05) is 30.3 Å². The molecule has 1 aliphatic rings. The summed E-state index contributed by atoms with van der Waals surface area (Å²) in [6, 6.07) is 11.7. The molecule has 5 heteroatoms. The third-order valence-corrected chi connectivity index (χ3v) is 3.74. The van der Waals surface area contributed by atoms with Crippen molar-refractivity contribution in [3.05, 3.63) is 35.9 Å². The summed E-state index contributed by atoms with van der Waals surface area (Å²) in [6.45, 7) is 0.632. The van der Waals surface area contributed by atoms with Gasteiger partial charge in [0.2, 0.25) is 5.91 Å². The first-order valence-corrected chi connectivity index (χ1v) is 6.97. The molecule has 0 aromatic heterocycles. The first-order chi connectivity index (χ1) is 8.81. The van der Waals surface area contributed by atoms with Crippen LogP contribution in [-0.2, 0) is 11.3 Å². The smallest absolute Gasteiger partial charge is 0.241 e. The van der Waals surface area contributed by atoms with Crippen molar-refractivity contribution < 1.29 is 4.79 Å². The van der Waals surface area contributed by atoms with E-state index in [-0.39, 0.29) is 18.5 Å². The molecule has 0 radical (unpaired) electrons. The summed E-state index contributed by atoms with van der Waals surface area (Å²) in [6.07, 6.45) is 0. The normalized spacial score (nSPS) is 18.3. The van der Waals surface area contributed by atoms with Gasteiger partial charge in [-0.05, 0) is 5.56 Å². The van der Waals surface area contributed by atoms with Crippen molar-refractivity contribution in [3.8, 4) is 6.07 Å². The molecule has 1 heterocycles. The average molecular weight is 261 g/mol. The number of hydrogen-bond acceptors (Lipinski definition) is 4. The summed E-state index contributed by atoms with van der Waals surface area (Å²) in [5, 5.41) is 12.0. The van der Waals surface area contributed by atoms with Crippen LogP contribution in [0.1, 0.15) is 5.56 Å². The lowest BCUT2D eigenvalue weighted by atomic mass is 10.2. The van der Waals surface area contributed by atoms with Gasteiger partial charge in [-0.2, -0.15) is 5.26 Å². The third-order valence-electron chi connectivity index (χ3n) is 2.80. The molecule has 1 N–H and O–H groups in total. The van der Waals surface area contributed by atoms with Crippen molar-refractivity contribution in [1.82, 2.24) is 10.2 Å². The number of nitriles is 1. The van der Waals surface area contributed by atoms with Crippen LogP contribution < -0.4 is 5.32 Å². The molecule has 0 aliphatic carbocycles. The summed E-state index contributed by atoms with van der Waals surface area (Å²) in [5.74, 6) is 1.61.